The van der Waals surface area contributed by atoms with Crippen molar-refractivity contribution in [2.45, 2.75) is 26.8 Å². The molecule has 0 saturated heterocycles. The highest BCUT2D eigenvalue weighted by atomic mass is 15.3. The van der Waals surface area contributed by atoms with Gasteiger partial charge in [0.15, 0.2) is 11.5 Å². The molecule has 1 N–H and O–H groups in total. The molecule has 0 aromatic carbocycles. The highest BCUT2D eigenvalue weighted by Gasteiger charge is 2.13. The average molecular weight is 358 g/mol. The number of anilines is 1. The third kappa shape index (κ3) is 3.11. The van der Waals surface area contributed by atoms with E-state index in [4.69, 9.17) is 5.26 Å². The molecule has 0 aliphatic rings. The van der Waals surface area contributed by atoms with Crippen molar-refractivity contribution in [2.75, 3.05) is 5.32 Å². The van der Waals surface area contributed by atoms with Gasteiger partial charge in [0.05, 0.1) is 29.3 Å². The molecule has 0 saturated carbocycles. The Hall–Kier alpha value is -3.73. The van der Waals surface area contributed by atoms with Crippen LogP contribution in [0.25, 0.3) is 22.5 Å². The summed E-state index contributed by atoms with van der Waals surface area (Å²) >= 11 is 0. The van der Waals surface area contributed by atoms with E-state index in [1.807, 2.05) is 25.3 Å². The number of nitrogens with zero attached hydrogens (tertiary/aromatic N) is 7. The fourth-order valence-corrected chi connectivity index (χ4v) is 2.86. The van der Waals surface area contributed by atoms with Gasteiger partial charge in [-0.05, 0) is 32.9 Å². The Morgan fingerprint density at radius 1 is 1.15 bits per heavy atom. The Morgan fingerprint density at radius 2 is 2.00 bits per heavy atom. The second-order valence-electron chi connectivity index (χ2n) is 6.57. The van der Waals surface area contributed by atoms with Crippen LogP contribution < -0.4 is 5.32 Å². The predicted octanol–water partition coefficient (Wildman–Crippen LogP) is 3.00. The molecule has 4 aromatic rings. The van der Waals surface area contributed by atoms with Gasteiger partial charge in [0, 0.05) is 29.9 Å². The maximum absolute atomic E-state index is 9.04. The molecule has 0 radical (unpaired) electrons. The fourth-order valence-electron chi connectivity index (χ4n) is 2.86. The topological polar surface area (TPSA) is 97.2 Å². The highest BCUT2D eigenvalue weighted by molar-refractivity contribution is 5.77. The molecular formula is C19H18N8. The summed E-state index contributed by atoms with van der Waals surface area (Å²) in [5.41, 5.74) is 3.85. The van der Waals surface area contributed by atoms with Crippen molar-refractivity contribution in [3.8, 4) is 17.6 Å². The molecule has 8 heteroatoms. The summed E-state index contributed by atoms with van der Waals surface area (Å²) in [6.07, 6.45) is 6.90. The number of aryl methyl sites for hydroxylation is 1. The van der Waals surface area contributed by atoms with Crippen LogP contribution in [-0.2, 0) is 0 Å². The number of nitrogens with one attached hydrogen (secondary N) is 1. The lowest BCUT2D eigenvalue weighted by molar-refractivity contribution is 0.825. The van der Waals surface area contributed by atoms with E-state index in [-0.39, 0.29) is 6.04 Å². The summed E-state index contributed by atoms with van der Waals surface area (Å²) in [6, 6.07) is 7.97. The number of hydrogen-bond donors (Lipinski definition) is 1. The van der Waals surface area contributed by atoms with Gasteiger partial charge in [-0.2, -0.15) is 20.1 Å². The lowest BCUT2D eigenvalue weighted by Gasteiger charge is -2.16. The molecule has 27 heavy (non-hydrogen) atoms. The number of aromatic nitrogens is 6. The monoisotopic (exact) mass is 358 g/mol. The molecule has 0 aliphatic carbocycles. The zero-order chi connectivity index (χ0) is 19.0. The lowest BCUT2D eigenvalue weighted by atomic mass is 10.2. The largest absolute Gasteiger partial charge is 0.381 e. The van der Waals surface area contributed by atoms with E-state index in [1.165, 1.54) is 6.20 Å². The van der Waals surface area contributed by atoms with Gasteiger partial charge in [0.1, 0.15) is 11.8 Å². The van der Waals surface area contributed by atoms with Crippen molar-refractivity contribution in [2.24, 2.45) is 0 Å². The number of rotatable bonds is 4. The maximum atomic E-state index is 9.04. The van der Waals surface area contributed by atoms with E-state index >= 15 is 0 Å². The van der Waals surface area contributed by atoms with Crippen LogP contribution in [-0.4, -0.2) is 35.6 Å². The quantitative estimate of drug-likeness (QED) is 0.602. The molecule has 134 valence electrons. The van der Waals surface area contributed by atoms with Crippen LogP contribution in [0.1, 0.15) is 25.1 Å². The Morgan fingerprint density at radius 3 is 2.70 bits per heavy atom. The number of nitriles is 1. The van der Waals surface area contributed by atoms with Gasteiger partial charge >= 0.3 is 0 Å². The fraction of sp³-hybridized carbons (Fsp3) is 0.211. The van der Waals surface area contributed by atoms with Gasteiger partial charge in [-0.25, -0.2) is 14.6 Å². The third-order valence-electron chi connectivity index (χ3n) is 4.04. The summed E-state index contributed by atoms with van der Waals surface area (Å²) < 4.78 is 3.47. The van der Waals surface area contributed by atoms with Gasteiger partial charge in [0.2, 0.25) is 0 Å². The van der Waals surface area contributed by atoms with Gasteiger partial charge < -0.3 is 5.32 Å². The minimum absolute atomic E-state index is 0.237. The molecule has 4 aromatic heterocycles. The Balaban J connectivity index is 1.83. The smallest absolute Gasteiger partial charge is 0.164 e. The van der Waals surface area contributed by atoms with E-state index in [0.29, 0.717) is 17.0 Å². The number of pyridine rings is 2. The van der Waals surface area contributed by atoms with Crippen LogP contribution in [0.5, 0.6) is 0 Å². The summed E-state index contributed by atoms with van der Waals surface area (Å²) in [7, 11) is 0. The average Bonchev–Trinajstić information content (AvgIpc) is 3.26. The number of hydrogen-bond acceptors (Lipinski definition) is 6. The van der Waals surface area contributed by atoms with Gasteiger partial charge in [-0.3, -0.25) is 0 Å². The molecule has 0 aliphatic heterocycles. The maximum Gasteiger partial charge on any atom is 0.164 e. The van der Waals surface area contributed by atoms with Crippen molar-refractivity contribution in [1.82, 2.24) is 29.5 Å². The first-order valence-corrected chi connectivity index (χ1v) is 8.58. The summed E-state index contributed by atoms with van der Waals surface area (Å²) in [6.45, 7) is 6.10. The number of fused-ring (bicyclic) bond motifs is 1. The van der Waals surface area contributed by atoms with Crippen molar-refractivity contribution >= 4 is 16.7 Å². The van der Waals surface area contributed by atoms with E-state index in [0.717, 1.165) is 22.5 Å². The predicted molar refractivity (Wildman–Crippen MR) is 102 cm³/mol. The summed E-state index contributed by atoms with van der Waals surface area (Å²) in [4.78, 5) is 8.92. The normalized spacial score (nSPS) is 11.1. The van der Waals surface area contributed by atoms with E-state index in [1.54, 1.807) is 27.8 Å². The van der Waals surface area contributed by atoms with Crippen LogP contribution in [0, 0.1) is 18.3 Å². The first-order valence-electron chi connectivity index (χ1n) is 8.58. The molecular weight excluding hydrogens is 340 g/mol. The first-order chi connectivity index (χ1) is 13.0. The van der Waals surface area contributed by atoms with Crippen LogP contribution in [0.15, 0.2) is 43.0 Å². The van der Waals surface area contributed by atoms with Gasteiger partial charge in [0.25, 0.3) is 0 Å². The molecule has 8 nitrogen and oxygen atoms in total. The Kier molecular flexibility index (Phi) is 4.05. The van der Waals surface area contributed by atoms with Crippen molar-refractivity contribution in [3.05, 3.63) is 54.2 Å². The van der Waals surface area contributed by atoms with Crippen molar-refractivity contribution in [3.63, 3.8) is 0 Å². The zero-order valence-corrected chi connectivity index (χ0v) is 15.2. The van der Waals surface area contributed by atoms with Crippen LogP contribution >= 0.6 is 0 Å². The van der Waals surface area contributed by atoms with E-state index < -0.39 is 0 Å². The molecule has 4 rings (SSSR count). The van der Waals surface area contributed by atoms with Crippen LogP contribution in [0.3, 0.4) is 0 Å². The second kappa shape index (κ2) is 6.53. The minimum Gasteiger partial charge on any atom is -0.381 e. The lowest BCUT2D eigenvalue weighted by Crippen LogP contribution is -2.14. The third-order valence-corrected chi connectivity index (χ3v) is 4.04. The van der Waals surface area contributed by atoms with E-state index in [9.17, 15) is 0 Å². The second-order valence-corrected chi connectivity index (χ2v) is 6.57. The molecule has 0 spiro atoms. The molecule has 0 unspecified atom stereocenters. The zero-order valence-electron chi connectivity index (χ0n) is 15.2. The Labute approximate surface area is 156 Å². The SMILES string of the molecule is Cc1ccn(-c2cnc(-n3ncc4cc(C#N)cnc43)cc2NC(C)C)n1. The van der Waals surface area contributed by atoms with Gasteiger partial charge in [-0.1, -0.05) is 0 Å². The van der Waals surface area contributed by atoms with Crippen LogP contribution in [0.4, 0.5) is 5.69 Å². The molecule has 4 heterocycles. The molecule has 0 fully saturated rings. The van der Waals surface area contributed by atoms with Crippen molar-refractivity contribution in [1.29, 1.82) is 5.26 Å². The minimum atomic E-state index is 0.237. The molecule has 0 bridgehead atoms. The summed E-state index contributed by atoms with van der Waals surface area (Å²) in [5.74, 6) is 0.637. The van der Waals surface area contributed by atoms with Crippen LogP contribution in [0.2, 0.25) is 0 Å². The molecule has 0 amide bonds. The summed E-state index contributed by atoms with van der Waals surface area (Å²) in [5, 5.41) is 22.2. The van der Waals surface area contributed by atoms with Crippen molar-refractivity contribution < 1.29 is 0 Å². The highest BCUT2D eigenvalue weighted by Crippen LogP contribution is 2.24. The Bertz CT molecular complexity index is 1160. The first kappa shape index (κ1) is 16.7. The standard InChI is InChI=1S/C19H18N8/c1-12(2)24-16-7-18(21-11-17(16)26-5-4-13(3)25-26)27-19-15(10-23-27)6-14(8-20)9-22-19/h4-7,9-12H,1-3H3,(H,21,24). The van der Waals surface area contributed by atoms with E-state index in [2.05, 4.69) is 45.4 Å². The molecule has 0 atom stereocenters. The van der Waals surface area contributed by atoms with Gasteiger partial charge in [-0.15, -0.1) is 0 Å².